The number of aromatic nitrogens is 6. The van der Waals surface area contributed by atoms with Crippen LogP contribution < -0.4 is 4.74 Å². The Hall–Kier alpha value is -3.62. The van der Waals surface area contributed by atoms with Crippen LogP contribution in [-0.4, -0.2) is 36.6 Å². The molecule has 0 saturated heterocycles. The summed E-state index contributed by atoms with van der Waals surface area (Å²) in [5.41, 5.74) is 3.17. The number of hydrogen-bond donors (Lipinski definition) is 1. The lowest BCUT2D eigenvalue weighted by Crippen LogP contribution is -2.03. The molecule has 3 heterocycles. The molecule has 3 aromatic heterocycles. The highest BCUT2D eigenvalue weighted by Gasteiger charge is 2.24. The molecule has 5 rings (SSSR count). The lowest BCUT2D eigenvalue weighted by atomic mass is 10.0. The molecule has 1 aliphatic carbocycles. The molecule has 0 spiro atoms. The van der Waals surface area contributed by atoms with Gasteiger partial charge in [-0.3, -0.25) is 4.98 Å². The Bertz CT molecular complexity index is 1210. The van der Waals surface area contributed by atoms with E-state index < -0.39 is 5.95 Å². The number of halogens is 2. The smallest absolute Gasteiger partial charge is 0.260 e. The van der Waals surface area contributed by atoms with Crippen molar-refractivity contribution in [3.63, 3.8) is 0 Å². The third-order valence-electron chi connectivity index (χ3n) is 5.09. The number of hydrogen-bond acceptors (Lipinski definition) is 5. The standard InChI is InChI=1S/C21H18F2N6O/c1-29-11-25-19(16-8-13(6-7-24-16)18-21(23)27-28-26-18)20(29)15-5-4-14(22)9-17(15)30-10-12-2-3-12/h4-9,11-12H,2-3,10H2,1H3,(H,26,27,28). The van der Waals surface area contributed by atoms with E-state index in [1.54, 1.807) is 30.7 Å². The predicted octanol–water partition coefficient (Wildman–Crippen LogP) is 4.00. The van der Waals surface area contributed by atoms with E-state index in [0.29, 0.717) is 40.8 Å². The molecule has 1 aromatic carbocycles. The molecule has 0 amide bonds. The van der Waals surface area contributed by atoms with E-state index in [1.165, 1.54) is 12.1 Å². The van der Waals surface area contributed by atoms with Crippen molar-refractivity contribution < 1.29 is 13.5 Å². The Balaban J connectivity index is 1.59. The first-order valence-corrected chi connectivity index (χ1v) is 9.57. The van der Waals surface area contributed by atoms with Crippen LogP contribution in [0.1, 0.15) is 12.8 Å². The van der Waals surface area contributed by atoms with Gasteiger partial charge in [-0.25, -0.2) is 9.37 Å². The van der Waals surface area contributed by atoms with Gasteiger partial charge >= 0.3 is 0 Å². The largest absolute Gasteiger partial charge is 0.492 e. The van der Waals surface area contributed by atoms with Gasteiger partial charge in [0.25, 0.3) is 5.95 Å². The summed E-state index contributed by atoms with van der Waals surface area (Å²) in [6, 6.07) is 7.81. The average Bonchev–Trinajstić information content (AvgIpc) is 3.36. The van der Waals surface area contributed by atoms with Crippen LogP contribution in [0, 0.1) is 17.7 Å². The number of nitrogens with zero attached hydrogens (tertiary/aromatic N) is 5. The fourth-order valence-electron chi connectivity index (χ4n) is 3.35. The van der Waals surface area contributed by atoms with Crippen molar-refractivity contribution in [1.82, 2.24) is 29.9 Å². The molecule has 1 aliphatic rings. The SMILES string of the molecule is Cn1cnc(-c2cc(-c3n[nH]nc3F)ccn2)c1-c1ccc(F)cc1OCC1CC1. The molecule has 1 saturated carbocycles. The Morgan fingerprint density at radius 1 is 1.10 bits per heavy atom. The van der Waals surface area contributed by atoms with E-state index in [9.17, 15) is 8.78 Å². The monoisotopic (exact) mass is 408 g/mol. The summed E-state index contributed by atoms with van der Waals surface area (Å²) >= 11 is 0. The Morgan fingerprint density at radius 3 is 2.73 bits per heavy atom. The highest BCUT2D eigenvalue weighted by Crippen LogP contribution is 2.38. The maximum absolute atomic E-state index is 13.9. The van der Waals surface area contributed by atoms with Gasteiger partial charge in [-0.2, -0.15) is 14.7 Å². The molecule has 0 aliphatic heterocycles. The molecule has 152 valence electrons. The number of pyridine rings is 1. The number of ether oxygens (including phenoxy) is 1. The number of imidazole rings is 1. The lowest BCUT2D eigenvalue weighted by molar-refractivity contribution is 0.299. The van der Waals surface area contributed by atoms with Crippen molar-refractivity contribution in [2.45, 2.75) is 12.8 Å². The Kier molecular flexibility index (Phi) is 4.50. The Labute approximate surface area is 170 Å². The fourth-order valence-corrected chi connectivity index (χ4v) is 3.35. The molecule has 9 heteroatoms. The first-order chi connectivity index (χ1) is 14.6. The molecule has 7 nitrogen and oxygen atoms in total. The number of H-pyrrole nitrogens is 1. The van der Waals surface area contributed by atoms with E-state index in [4.69, 9.17) is 4.74 Å². The molecule has 1 fully saturated rings. The van der Waals surface area contributed by atoms with Gasteiger partial charge in [-0.05, 0) is 43.0 Å². The number of rotatable bonds is 6. The molecule has 1 N–H and O–H groups in total. The Morgan fingerprint density at radius 2 is 1.97 bits per heavy atom. The van der Waals surface area contributed by atoms with Gasteiger partial charge in [0.1, 0.15) is 23.0 Å². The molecule has 0 radical (unpaired) electrons. The molecule has 0 unspecified atom stereocenters. The maximum Gasteiger partial charge on any atom is 0.260 e. The maximum atomic E-state index is 13.9. The average molecular weight is 408 g/mol. The zero-order valence-corrected chi connectivity index (χ0v) is 16.1. The van der Waals surface area contributed by atoms with Gasteiger partial charge in [0.2, 0.25) is 0 Å². The van der Waals surface area contributed by atoms with Gasteiger partial charge in [-0.15, -0.1) is 5.10 Å². The first-order valence-electron chi connectivity index (χ1n) is 9.57. The summed E-state index contributed by atoms with van der Waals surface area (Å²) in [6.07, 6.45) is 5.49. The van der Waals surface area contributed by atoms with Crippen LogP contribution >= 0.6 is 0 Å². The molecular formula is C21H18F2N6O. The van der Waals surface area contributed by atoms with Crippen LogP contribution in [0.3, 0.4) is 0 Å². The first kappa shape index (κ1) is 18.4. The van der Waals surface area contributed by atoms with Gasteiger partial charge in [0, 0.05) is 30.4 Å². The van der Waals surface area contributed by atoms with Crippen molar-refractivity contribution in [3.8, 4) is 39.7 Å². The number of aromatic amines is 1. The summed E-state index contributed by atoms with van der Waals surface area (Å²) in [6.45, 7) is 0.558. The van der Waals surface area contributed by atoms with E-state index in [1.807, 2.05) is 11.6 Å². The minimum absolute atomic E-state index is 0.103. The summed E-state index contributed by atoms with van der Waals surface area (Å²) in [4.78, 5) is 8.90. The third kappa shape index (κ3) is 3.42. The normalized spacial score (nSPS) is 13.6. The summed E-state index contributed by atoms with van der Waals surface area (Å²) < 4.78 is 35.6. The van der Waals surface area contributed by atoms with Crippen LogP contribution in [0.2, 0.25) is 0 Å². The van der Waals surface area contributed by atoms with Crippen LogP contribution in [0.15, 0.2) is 42.9 Å². The lowest BCUT2D eigenvalue weighted by Gasteiger charge is -2.13. The number of nitrogens with one attached hydrogen (secondary N) is 1. The molecule has 0 bridgehead atoms. The second-order valence-electron chi connectivity index (χ2n) is 7.34. The summed E-state index contributed by atoms with van der Waals surface area (Å²) in [5.74, 6) is -0.0640. The van der Waals surface area contributed by atoms with Crippen molar-refractivity contribution in [1.29, 1.82) is 0 Å². The zero-order chi connectivity index (χ0) is 20.7. The van der Waals surface area contributed by atoms with Crippen LogP contribution in [0.25, 0.3) is 33.9 Å². The minimum atomic E-state index is -0.692. The third-order valence-corrected chi connectivity index (χ3v) is 5.09. The van der Waals surface area contributed by atoms with Crippen LogP contribution in [-0.2, 0) is 7.05 Å². The quantitative estimate of drug-likeness (QED) is 0.522. The van der Waals surface area contributed by atoms with Gasteiger partial charge in [-0.1, -0.05) is 0 Å². The van der Waals surface area contributed by atoms with Crippen LogP contribution in [0.4, 0.5) is 8.78 Å². The van der Waals surface area contributed by atoms with E-state index in [0.717, 1.165) is 18.5 Å². The topological polar surface area (TPSA) is 81.5 Å². The molecular weight excluding hydrogens is 390 g/mol. The van der Waals surface area contributed by atoms with Crippen molar-refractivity contribution >= 4 is 0 Å². The highest BCUT2D eigenvalue weighted by atomic mass is 19.1. The summed E-state index contributed by atoms with van der Waals surface area (Å²) in [5, 5.41) is 9.55. The minimum Gasteiger partial charge on any atom is -0.492 e. The second kappa shape index (κ2) is 7.33. The van der Waals surface area contributed by atoms with Gasteiger partial charge in [0.05, 0.1) is 24.3 Å². The van der Waals surface area contributed by atoms with Gasteiger partial charge < -0.3 is 9.30 Å². The fraction of sp³-hybridized carbons (Fsp3) is 0.238. The summed E-state index contributed by atoms with van der Waals surface area (Å²) in [7, 11) is 1.85. The highest BCUT2D eigenvalue weighted by molar-refractivity contribution is 5.81. The van der Waals surface area contributed by atoms with E-state index in [-0.39, 0.29) is 11.5 Å². The van der Waals surface area contributed by atoms with E-state index in [2.05, 4.69) is 25.4 Å². The molecule has 4 aromatic rings. The van der Waals surface area contributed by atoms with Gasteiger partial charge in [0.15, 0.2) is 0 Å². The zero-order valence-electron chi connectivity index (χ0n) is 16.1. The predicted molar refractivity (Wildman–Crippen MR) is 105 cm³/mol. The number of aryl methyl sites for hydroxylation is 1. The van der Waals surface area contributed by atoms with Crippen molar-refractivity contribution in [3.05, 3.63) is 54.6 Å². The van der Waals surface area contributed by atoms with E-state index >= 15 is 0 Å². The number of benzene rings is 1. The second-order valence-corrected chi connectivity index (χ2v) is 7.34. The van der Waals surface area contributed by atoms with Crippen molar-refractivity contribution in [2.75, 3.05) is 6.61 Å². The molecule has 30 heavy (non-hydrogen) atoms. The van der Waals surface area contributed by atoms with Crippen LogP contribution in [0.5, 0.6) is 5.75 Å². The molecule has 0 atom stereocenters. The van der Waals surface area contributed by atoms with Crippen molar-refractivity contribution in [2.24, 2.45) is 13.0 Å².